The van der Waals surface area contributed by atoms with Gasteiger partial charge in [-0.05, 0) is 25.1 Å². The van der Waals surface area contributed by atoms with Gasteiger partial charge in [0.1, 0.15) is 0 Å². The first-order valence-corrected chi connectivity index (χ1v) is 10.6. The van der Waals surface area contributed by atoms with Gasteiger partial charge in [-0.3, -0.25) is 14.3 Å². The predicted octanol–water partition coefficient (Wildman–Crippen LogP) is 1.60. The Morgan fingerprint density at radius 2 is 2.09 bits per heavy atom. The zero-order chi connectivity index (χ0) is 17.5. The van der Waals surface area contributed by atoms with Crippen LogP contribution in [0.25, 0.3) is 0 Å². The zero-order valence-electron chi connectivity index (χ0n) is 14.6. The lowest BCUT2D eigenvalue weighted by Gasteiger charge is -2.36. The van der Waals surface area contributed by atoms with E-state index in [0.717, 1.165) is 0 Å². The van der Waals surface area contributed by atoms with Crippen LogP contribution in [-0.4, -0.2) is 37.4 Å². The molecule has 2 atom stereocenters. The Kier molecular flexibility index (Phi) is 4.73. The van der Waals surface area contributed by atoms with E-state index in [1.807, 2.05) is 0 Å². The van der Waals surface area contributed by atoms with E-state index in [0.29, 0.717) is 6.61 Å². The van der Waals surface area contributed by atoms with Crippen LogP contribution in [0.3, 0.4) is 0 Å². The van der Waals surface area contributed by atoms with Crippen LogP contribution in [0.4, 0.5) is 0 Å². The highest BCUT2D eigenvalue weighted by molar-refractivity contribution is 6.74. The highest BCUT2D eigenvalue weighted by Crippen LogP contribution is 2.37. The third-order valence-electron chi connectivity index (χ3n) is 4.64. The Balaban J connectivity index is 2.06. The van der Waals surface area contributed by atoms with Crippen molar-refractivity contribution in [2.75, 3.05) is 13.2 Å². The fourth-order valence-corrected chi connectivity index (χ4v) is 3.08. The van der Waals surface area contributed by atoms with Gasteiger partial charge >= 0.3 is 5.69 Å². The molecule has 8 heteroatoms. The minimum absolute atomic E-state index is 0.102. The van der Waals surface area contributed by atoms with Gasteiger partial charge in [-0.25, -0.2) is 4.79 Å². The van der Waals surface area contributed by atoms with E-state index in [1.54, 1.807) is 6.92 Å². The number of nitrogens with zero attached hydrogens (tertiary/aromatic N) is 1. The van der Waals surface area contributed by atoms with Crippen LogP contribution in [0.5, 0.6) is 0 Å². The van der Waals surface area contributed by atoms with Crippen molar-refractivity contribution in [3.8, 4) is 0 Å². The lowest BCUT2D eigenvalue weighted by atomic mass is 10.2. The second-order valence-corrected chi connectivity index (χ2v) is 12.4. The van der Waals surface area contributed by atoms with Gasteiger partial charge in [0.05, 0.1) is 13.2 Å². The first-order valence-electron chi connectivity index (χ1n) is 7.70. The Bertz CT molecular complexity index is 675. The number of ether oxygens (including phenoxy) is 2. The Morgan fingerprint density at radius 1 is 1.43 bits per heavy atom. The second kappa shape index (κ2) is 6.01. The van der Waals surface area contributed by atoms with Crippen LogP contribution >= 0.6 is 0 Å². The molecule has 0 bridgehead atoms. The number of aromatic nitrogens is 2. The predicted molar refractivity (Wildman–Crippen MR) is 88.9 cm³/mol. The average Bonchev–Trinajstić information content (AvgIpc) is 2.78. The number of aromatic amines is 1. The summed E-state index contributed by atoms with van der Waals surface area (Å²) in [4.78, 5) is 25.3. The number of hydrogen-bond acceptors (Lipinski definition) is 5. The van der Waals surface area contributed by atoms with Gasteiger partial charge in [-0.15, -0.1) is 0 Å². The number of rotatable bonds is 4. The molecule has 1 aromatic rings. The molecule has 7 nitrogen and oxygen atoms in total. The fraction of sp³-hybridized carbons (Fsp3) is 0.733. The molecule has 2 rings (SSSR count). The third-order valence-corrected chi connectivity index (χ3v) is 9.14. The Labute approximate surface area is 136 Å². The maximum atomic E-state index is 11.9. The minimum atomic E-state index is -1.89. The second-order valence-electron chi connectivity index (χ2n) is 7.58. The minimum Gasteiger partial charge on any atom is -0.412 e. The smallest absolute Gasteiger partial charge is 0.330 e. The molecule has 1 saturated heterocycles. The number of H-pyrrole nitrogens is 1. The van der Waals surface area contributed by atoms with Crippen LogP contribution in [0.2, 0.25) is 18.1 Å². The fourth-order valence-electron chi connectivity index (χ4n) is 2.09. The van der Waals surface area contributed by atoms with E-state index in [4.69, 9.17) is 13.9 Å². The van der Waals surface area contributed by atoms with Crippen molar-refractivity contribution in [3.63, 3.8) is 0 Å². The molecule has 1 aliphatic heterocycles. The van der Waals surface area contributed by atoms with Gasteiger partial charge in [-0.1, -0.05) is 20.8 Å². The normalized spacial score (nSPS) is 25.7. The van der Waals surface area contributed by atoms with Gasteiger partial charge in [0.15, 0.2) is 20.3 Å². The SMILES string of the molecule is CC(C)(C)[Si](C)(C)OC[C@@H]1OC[C@@](C)(n2ccc(=O)[nH]c2=O)O1. The van der Waals surface area contributed by atoms with Crippen LogP contribution < -0.4 is 11.2 Å². The van der Waals surface area contributed by atoms with E-state index in [2.05, 4.69) is 38.8 Å². The summed E-state index contributed by atoms with van der Waals surface area (Å²) in [7, 11) is -1.89. The van der Waals surface area contributed by atoms with E-state index in [1.165, 1.54) is 16.8 Å². The third kappa shape index (κ3) is 3.82. The Hall–Kier alpha value is -1.22. The molecule has 1 aliphatic rings. The molecule has 23 heavy (non-hydrogen) atoms. The molecule has 0 aromatic carbocycles. The molecule has 1 N–H and O–H groups in total. The highest BCUT2D eigenvalue weighted by Gasteiger charge is 2.42. The molecule has 2 heterocycles. The molecular formula is C15H26N2O5Si. The van der Waals surface area contributed by atoms with E-state index in [-0.39, 0.29) is 11.6 Å². The van der Waals surface area contributed by atoms with Gasteiger partial charge < -0.3 is 13.9 Å². The van der Waals surface area contributed by atoms with Crippen molar-refractivity contribution in [1.29, 1.82) is 0 Å². The summed E-state index contributed by atoms with van der Waals surface area (Å²) in [6, 6.07) is 1.29. The Morgan fingerprint density at radius 3 is 2.65 bits per heavy atom. The van der Waals surface area contributed by atoms with Gasteiger partial charge in [0, 0.05) is 12.3 Å². The van der Waals surface area contributed by atoms with Crippen molar-refractivity contribution in [1.82, 2.24) is 9.55 Å². The largest absolute Gasteiger partial charge is 0.412 e. The molecule has 0 aliphatic carbocycles. The van der Waals surface area contributed by atoms with Crippen LogP contribution in [0.1, 0.15) is 27.7 Å². The molecule has 0 amide bonds. The summed E-state index contributed by atoms with van der Waals surface area (Å²) in [6.45, 7) is 13.1. The molecule has 0 unspecified atom stereocenters. The van der Waals surface area contributed by atoms with Gasteiger partial charge in [0.25, 0.3) is 5.56 Å². The van der Waals surface area contributed by atoms with Crippen LogP contribution in [0.15, 0.2) is 21.9 Å². The summed E-state index contributed by atoms with van der Waals surface area (Å²) in [5.41, 5.74) is -1.91. The molecule has 1 aromatic heterocycles. The quantitative estimate of drug-likeness (QED) is 0.841. The molecule has 1 fully saturated rings. The van der Waals surface area contributed by atoms with Gasteiger partial charge in [0.2, 0.25) is 0 Å². The number of hydrogen-bond donors (Lipinski definition) is 1. The summed E-state index contributed by atoms with van der Waals surface area (Å²) in [5, 5.41) is 0.102. The van der Waals surface area contributed by atoms with Crippen LogP contribution in [-0.2, 0) is 19.6 Å². The number of nitrogens with one attached hydrogen (secondary N) is 1. The van der Waals surface area contributed by atoms with Gasteiger partial charge in [-0.2, -0.15) is 0 Å². The summed E-state index contributed by atoms with van der Waals surface area (Å²) in [5.74, 6) is 0. The maximum Gasteiger partial charge on any atom is 0.330 e. The zero-order valence-corrected chi connectivity index (χ0v) is 15.6. The van der Waals surface area contributed by atoms with Crippen molar-refractivity contribution < 1.29 is 13.9 Å². The molecule has 0 spiro atoms. The molecule has 130 valence electrons. The van der Waals surface area contributed by atoms with Crippen molar-refractivity contribution in [2.45, 2.75) is 57.8 Å². The van der Waals surface area contributed by atoms with E-state index in [9.17, 15) is 9.59 Å². The first-order chi connectivity index (χ1) is 10.4. The average molecular weight is 342 g/mol. The molecule has 0 radical (unpaired) electrons. The topological polar surface area (TPSA) is 82.5 Å². The summed E-state index contributed by atoms with van der Waals surface area (Å²) in [6.07, 6.45) is 0.884. The first kappa shape index (κ1) is 18.1. The molecular weight excluding hydrogens is 316 g/mol. The standard InChI is InChI=1S/C15H26N2O5Si/c1-14(2,3)23(5,6)21-9-12-20-10-15(4,22-12)17-8-7-11(18)16-13(17)19/h7-8,12H,9-10H2,1-6H3,(H,16,18,19)/t12-,15+/m1/s1. The van der Waals surface area contributed by atoms with E-state index >= 15 is 0 Å². The lowest BCUT2D eigenvalue weighted by Crippen LogP contribution is -2.45. The summed E-state index contributed by atoms with van der Waals surface area (Å²) < 4.78 is 19.0. The van der Waals surface area contributed by atoms with Crippen molar-refractivity contribution in [3.05, 3.63) is 33.1 Å². The van der Waals surface area contributed by atoms with Crippen molar-refractivity contribution in [2.24, 2.45) is 0 Å². The molecule has 0 saturated carbocycles. The lowest BCUT2D eigenvalue weighted by molar-refractivity contribution is -0.131. The highest BCUT2D eigenvalue weighted by atomic mass is 28.4. The van der Waals surface area contributed by atoms with E-state index < -0.39 is 31.6 Å². The van der Waals surface area contributed by atoms with Crippen molar-refractivity contribution >= 4 is 8.32 Å². The van der Waals surface area contributed by atoms with Crippen LogP contribution in [0, 0.1) is 0 Å². The monoisotopic (exact) mass is 342 g/mol. The maximum absolute atomic E-state index is 11.9. The summed E-state index contributed by atoms with van der Waals surface area (Å²) >= 11 is 0.